The third-order valence-corrected chi connectivity index (χ3v) is 14.5. The van der Waals surface area contributed by atoms with Crippen LogP contribution in [-0.2, 0) is 40.8 Å². The summed E-state index contributed by atoms with van der Waals surface area (Å²) in [5.74, 6) is 2.38. The summed E-state index contributed by atoms with van der Waals surface area (Å²) in [6, 6.07) is 26.6. The first kappa shape index (κ1) is 44.1. The molecule has 9 rings (SSSR count). The molecule has 338 valence electrons. The number of nitrogens with one attached hydrogen (secondary N) is 1. The zero-order valence-corrected chi connectivity index (χ0v) is 37.0. The molecule has 10 nitrogen and oxygen atoms in total. The Morgan fingerprint density at radius 3 is 2.62 bits per heavy atom. The lowest BCUT2D eigenvalue weighted by molar-refractivity contribution is 0.00498. The van der Waals surface area contributed by atoms with Gasteiger partial charge in [-0.05, 0) is 159 Å². The second-order valence-electron chi connectivity index (χ2n) is 18.7. The van der Waals surface area contributed by atoms with Crippen molar-refractivity contribution >= 4 is 16.6 Å². The zero-order chi connectivity index (χ0) is 44.0. The molecule has 10 heteroatoms. The number of nitrogens with zero attached hydrogens (tertiary/aromatic N) is 1. The van der Waals surface area contributed by atoms with E-state index in [1.807, 2.05) is 30.3 Å². The van der Waals surface area contributed by atoms with Crippen molar-refractivity contribution in [1.82, 2.24) is 9.88 Å². The zero-order valence-electron chi connectivity index (χ0n) is 37.0. The van der Waals surface area contributed by atoms with E-state index in [4.69, 9.17) is 19.9 Å². The van der Waals surface area contributed by atoms with Gasteiger partial charge in [-0.3, -0.25) is 0 Å². The number of hydrogen-bond acceptors (Lipinski definition) is 9. The van der Waals surface area contributed by atoms with Crippen molar-refractivity contribution in [3.8, 4) is 17.2 Å². The van der Waals surface area contributed by atoms with Gasteiger partial charge in [-0.1, -0.05) is 61.0 Å². The molecule has 6 unspecified atom stereocenters. The van der Waals surface area contributed by atoms with Gasteiger partial charge in [0, 0.05) is 47.4 Å². The minimum absolute atomic E-state index is 0.0854. The van der Waals surface area contributed by atoms with Crippen LogP contribution in [0.2, 0.25) is 0 Å². The first-order valence-electron chi connectivity index (χ1n) is 23.6. The number of aliphatic hydroxyl groups is 2. The lowest BCUT2D eigenvalue weighted by atomic mass is 9.57. The molecule has 1 fully saturated rings. The minimum atomic E-state index is -0.602. The monoisotopic (exact) mass is 867 g/mol. The molecule has 4 aliphatic rings. The van der Waals surface area contributed by atoms with Gasteiger partial charge in [-0.2, -0.15) is 0 Å². The van der Waals surface area contributed by atoms with Gasteiger partial charge in [-0.15, -0.1) is 0 Å². The smallest absolute Gasteiger partial charge is 0.161 e. The number of rotatable bonds is 11. The van der Waals surface area contributed by atoms with E-state index in [0.29, 0.717) is 50.1 Å². The van der Waals surface area contributed by atoms with Crippen molar-refractivity contribution in [3.63, 3.8) is 0 Å². The van der Waals surface area contributed by atoms with Crippen LogP contribution in [0.4, 0.5) is 0 Å². The van der Waals surface area contributed by atoms with Gasteiger partial charge < -0.3 is 50.3 Å². The molecule has 5 aromatic rings. The third kappa shape index (κ3) is 9.77. The van der Waals surface area contributed by atoms with Crippen molar-refractivity contribution in [2.75, 3.05) is 26.4 Å². The molecule has 0 saturated carbocycles. The summed E-state index contributed by atoms with van der Waals surface area (Å²) >= 11 is 0. The Hall–Kier alpha value is -5.10. The number of phenols is 2. The number of hydrogen-bond donors (Lipinski definition) is 6. The molecule has 3 aliphatic heterocycles. The molecule has 7 N–H and O–H groups in total. The van der Waals surface area contributed by atoms with Crippen molar-refractivity contribution in [2.45, 2.75) is 114 Å². The molecule has 1 aromatic heterocycles. The van der Waals surface area contributed by atoms with Crippen molar-refractivity contribution in [3.05, 3.63) is 142 Å². The highest BCUT2D eigenvalue weighted by Gasteiger charge is 2.47. The quantitative estimate of drug-likeness (QED) is 0.0766. The van der Waals surface area contributed by atoms with E-state index < -0.39 is 6.10 Å². The SMILES string of the molecule is NC1C=CC2=C(N1)n1cc3cc(C45CCOCC4CCc4ccccc45)cc(c3c1)COc1cc(ccc1O)CCC(O)CC(CCC(CCCO)CCCc1ccc(O)cc1)OC2. The van der Waals surface area contributed by atoms with Crippen LogP contribution in [0.25, 0.3) is 16.6 Å². The second kappa shape index (κ2) is 20.0. The van der Waals surface area contributed by atoms with Gasteiger partial charge in [0.25, 0.3) is 0 Å². The van der Waals surface area contributed by atoms with Crippen LogP contribution in [0.3, 0.4) is 0 Å². The van der Waals surface area contributed by atoms with Crippen molar-refractivity contribution < 1.29 is 34.6 Å². The molecule has 64 heavy (non-hydrogen) atoms. The fourth-order valence-corrected chi connectivity index (χ4v) is 11.0. The molecule has 1 aliphatic carbocycles. The molecule has 1 saturated heterocycles. The number of phenolic OH excluding ortho intramolecular Hbond substituents is 2. The van der Waals surface area contributed by atoms with E-state index in [-0.39, 0.29) is 42.4 Å². The number of fused-ring (bicyclic) bond motifs is 7. The van der Waals surface area contributed by atoms with E-state index in [1.165, 1.54) is 22.3 Å². The fourth-order valence-electron chi connectivity index (χ4n) is 11.0. The Kier molecular flexibility index (Phi) is 13.8. The average molecular weight is 868 g/mol. The maximum Gasteiger partial charge on any atom is 0.161 e. The fraction of sp³-hybridized carbons (Fsp3) is 0.444. The lowest BCUT2D eigenvalue weighted by Gasteiger charge is -2.49. The summed E-state index contributed by atoms with van der Waals surface area (Å²) < 4.78 is 21.8. The number of aromatic nitrogens is 1. The summed E-state index contributed by atoms with van der Waals surface area (Å²) in [5.41, 5.74) is 14.6. The first-order valence-corrected chi connectivity index (χ1v) is 23.6. The van der Waals surface area contributed by atoms with Crippen LogP contribution < -0.4 is 15.8 Å². The maximum absolute atomic E-state index is 11.6. The highest BCUT2D eigenvalue weighted by Crippen LogP contribution is 2.52. The van der Waals surface area contributed by atoms with E-state index in [0.717, 1.165) is 104 Å². The number of aromatic hydroxyl groups is 2. The van der Waals surface area contributed by atoms with E-state index in [1.54, 1.807) is 18.2 Å². The molecule has 4 heterocycles. The summed E-state index contributed by atoms with van der Waals surface area (Å²) in [6.45, 7) is 2.18. The molecule has 4 bridgehead atoms. The number of aryl methyl sites for hydroxylation is 3. The predicted octanol–water partition coefficient (Wildman–Crippen LogP) is 8.79. The van der Waals surface area contributed by atoms with Crippen LogP contribution >= 0.6 is 0 Å². The molecule has 4 aromatic carbocycles. The topological polar surface area (TPSA) is 152 Å². The molecule has 0 amide bonds. The van der Waals surface area contributed by atoms with Crippen LogP contribution in [0.5, 0.6) is 17.2 Å². The molecule has 0 spiro atoms. The van der Waals surface area contributed by atoms with Crippen LogP contribution in [-0.4, -0.2) is 69.8 Å². The molecule has 0 radical (unpaired) electrons. The second-order valence-corrected chi connectivity index (χ2v) is 18.7. The Balaban J connectivity index is 1.06. The normalized spacial score (nSPS) is 24.2. The Morgan fingerprint density at radius 1 is 0.891 bits per heavy atom. The summed E-state index contributed by atoms with van der Waals surface area (Å²) in [6.07, 6.45) is 18.2. The van der Waals surface area contributed by atoms with Gasteiger partial charge in [0.05, 0.1) is 31.6 Å². The predicted molar refractivity (Wildman–Crippen MR) is 251 cm³/mol. The summed E-state index contributed by atoms with van der Waals surface area (Å²) in [4.78, 5) is 0. The Labute approximate surface area is 377 Å². The van der Waals surface area contributed by atoms with Crippen molar-refractivity contribution in [1.29, 1.82) is 0 Å². The van der Waals surface area contributed by atoms with E-state index in [9.17, 15) is 20.4 Å². The van der Waals surface area contributed by atoms with Crippen molar-refractivity contribution in [2.24, 2.45) is 17.6 Å². The number of ether oxygens (including phenoxy) is 3. The minimum Gasteiger partial charge on any atom is -0.508 e. The van der Waals surface area contributed by atoms with Crippen LogP contribution in [0, 0.1) is 11.8 Å². The maximum atomic E-state index is 11.6. The van der Waals surface area contributed by atoms with E-state index >= 15 is 0 Å². The summed E-state index contributed by atoms with van der Waals surface area (Å²) in [5, 5.41) is 47.9. The molecule has 6 atom stereocenters. The average Bonchev–Trinajstić information content (AvgIpc) is 3.75. The first-order chi connectivity index (χ1) is 31.2. The van der Waals surface area contributed by atoms with Gasteiger partial charge in [0.2, 0.25) is 0 Å². The Bertz CT molecular complexity index is 2440. The summed E-state index contributed by atoms with van der Waals surface area (Å²) in [7, 11) is 0. The third-order valence-electron chi connectivity index (χ3n) is 14.5. The highest BCUT2D eigenvalue weighted by molar-refractivity contribution is 5.88. The largest absolute Gasteiger partial charge is 0.508 e. The molecular formula is C54H65N3O7. The standard InChI is InChI=1S/C54H65N3O7/c55-52-23-16-40-33-63-47(21-13-36(7-4-25-58)5-3-6-37-10-18-45(59)19-11-37)30-46(60)20-12-38-14-22-50(61)51(27-38)64-34-42-29-44(28-41-31-57(32-48(41)42)53(40)56-52)54-24-26-62-35-43(54)17-15-39-8-1-2-9-49(39)54/h1-2,8-11,14,16,18-19,22-23,27-29,31-32,36,43,46-47,52,56,58-61H,3-7,12-13,15,17,20-21,24-26,30,33-35,55H2. The Morgan fingerprint density at radius 2 is 1.75 bits per heavy atom. The molecular weight excluding hydrogens is 803 g/mol. The number of dihydropyridines is 1. The number of benzene rings is 4. The number of nitrogens with two attached hydrogens (primary N) is 1. The van der Waals surface area contributed by atoms with Gasteiger partial charge in [-0.25, -0.2) is 0 Å². The van der Waals surface area contributed by atoms with Gasteiger partial charge in [0.1, 0.15) is 18.2 Å². The van der Waals surface area contributed by atoms with E-state index in [2.05, 4.69) is 64.8 Å². The van der Waals surface area contributed by atoms with Gasteiger partial charge in [0.15, 0.2) is 11.5 Å². The van der Waals surface area contributed by atoms with Gasteiger partial charge >= 0.3 is 0 Å². The van der Waals surface area contributed by atoms with Crippen LogP contribution in [0.15, 0.2) is 109 Å². The van der Waals surface area contributed by atoms with Crippen LogP contribution in [0.1, 0.15) is 97.6 Å². The highest BCUT2D eigenvalue weighted by atomic mass is 16.5. The lowest BCUT2D eigenvalue weighted by Crippen LogP contribution is -2.47. The number of aliphatic hydroxyl groups excluding tert-OH is 2.